The third-order valence-electron chi connectivity index (χ3n) is 10.5. The summed E-state index contributed by atoms with van der Waals surface area (Å²) in [5.74, 6) is -6.13. The number of para-hydroxylation sites is 1. The topological polar surface area (TPSA) is 304 Å². The number of nitrogens with one attached hydrogen (secondary N) is 10. The van der Waals surface area contributed by atoms with Crippen LogP contribution in [0.25, 0.3) is 10.9 Å². The van der Waals surface area contributed by atoms with Crippen LogP contribution in [-0.4, -0.2) is 121 Å². The summed E-state index contributed by atoms with van der Waals surface area (Å²) in [7, 11) is 0. The van der Waals surface area contributed by atoms with E-state index >= 15 is 0 Å². The Morgan fingerprint density at radius 3 is 2.14 bits per heavy atom. The molecule has 0 radical (unpaired) electrons. The van der Waals surface area contributed by atoms with Crippen LogP contribution in [-0.2, 0) is 56.0 Å². The van der Waals surface area contributed by atoms with Crippen LogP contribution in [0.1, 0.15) is 63.0 Å². The Morgan fingerprint density at radius 1 is 0.714 bits per heavy atom. The monoisotopic (exact) mass is 871 g/mol. The fraction of sp³-hybridized carbons (Fsp3) is 0.465. The van der Waals surface area contributed by atoms with Crippen molar-refractivity contribution in [2.75, 3.05) is 26.2 Å². The average Bonchev–Trinajstić information content (AvgIpc) is 3.99. The number of carbonyl (C=O) groups excluding carboxylic acids is 9. The van der Waals surface area contributed by atoms with E-state index in [1.165, 1.54) is 6.92 Å². The summed E-state index contributed by atoms with van der Waals surface area (Å²) in [6.45, 7) is 0.155. The molecule has 12 N–H and O–H groups in total. The molecular weight excluding hydrogens is 815 g/mol. The standard InChI is InChI=1S/C43H57N11O9/c1-25(55)46-23-37(57)51-35-21-36(56)45-18-8-7-13-31(40(60)49-28-14-15-28)52-42(62)34(20-27-22-47-30-12-6-5-11-29(27)30)50-38(58)24-48-39(59)33(19-26-9-3-2-4-10-26)54-41(61)32(16-17-44)53-43(35)63/h2-6,9-12,22,28,31-35,47H,7-8,13-21,23-24,44H2,1H3,(H,45,56)(H,46,55)(H,48,59)(H,49,60)(H,50,58)(H,51,57)(H,52,62)(H,53,63)(H,54,61)/t31?,32-,33?,34-,35?/m0/s1. The molecule has 1 aromatic heterocycles. The highest BCUT2D eigenvalue weighted by Crippen LogP contribution is 2.21. The number of aromatic nitrogens is 1. The van der Waals surface area contributed by atoms with Crippen molar-refractivity contribution in [2.24, 2.45) is 5.73 Å². The number of rotatable bonds is 11. The Hall–Kier alpha value is -6.83. The zero-order valence-electron chi connectivity index (χ0n) is 35.2. The molecule has 3 unspecified atom stereocenters. The number of aromatic amines is 1. The van der Waals surface area contributed by atoms with Gasteiger partial charge in [0.15, 0.2) is 0 Å². The van der Waals surface area contributed by atoms with Gasteiger partial charge in [0.05, 0.1) is 19.5 Å². The number of amides is 9. The molecule has 5 atom stereocenters. The van der Waals surface area contributed by atoms with Gasteiger partial charge in [-0.3, -0.25) is 43.2 Å². The van der Waals surface area contributed by atoms with Crippen molar-refractivity contribution < 1.29 is 43.2 Å². The molecule has 1 saturated carbocycles. The van der Waals surface area contributed by atoms with Gasteiger partial charge >= 0.3 is 0 Å². The Bertz CT molecular complexity index is 2120. The highest BCUT2D eigenvalue weighted by atomic mass is 16.2. The first-order valence-corrected chi connectivity index (χ1v) is 21.2. The number of H-pyrrole nitrogens is 1. The van der Waals surface area contributed by atoms with E-state index in [1.54, 1.807) is 36.5 Å². The first-order valence-electron chi connectivity index (χ1n) is 21.2. The van der Waals surface area contributed by atoms with Crippen molar-refractivity contribution in [3.05, 3.63) is 71.9 Å². The zero-order chi connectivity index (χ0) is 45.3. The summed E-state index contributed by atoms with van der Waals surface area (Å²) in [6, 6.07) is 9.90. The van der Waals surface area contributed by atoms with Gasteiger partial charge in [0.2, 0.25) is 53.2 Å². The van der Waals surface area contributed by atoms with E-state index in [-0.39, 0.29) is 44.8 Å². The Balaban J connectivity index is 1.42. The minimum absolute atomic E-state index is 0.0115. The van der Waals surface area contributed by atoms with Gasteiger partial charge in [-0.15, -0.1) is 0 Å². The average molecular weight is 872 g/mol. The third kappa shape index (κ3) is 15.2. The van der Waals surface area contributed by atoms with Crippen LogP contribution in [0.3, 0.4) is 0 Å². The number of nitrogens with two attached hydrogens (primary N) is 1. The molecule has 9 amide bonds. The molecule has 1 saturated heterocycles. The Morgan fingerprint density at radius 2 is 1.41 bits per heavy atom. The van der Waals surface area contributed by atoms with E-state index in [0.717, 1.165) is 29.3 Å². The molecule has 2 heterocycles. The number of fused-ring (bicyclic) bond motifs is 1. The van der Waals surface area contributed by atoms with Crippen LogP contribution in [0, 0.1) is 0 Å². The molecule has 2 aromatic carbocycles. The molecule has 3 aromatic rings. The van der Waals surface area contributed by atoms with E-state index in [2.05, 4.69) is 52.8 Å². The van der Waals surface area contributed by atoms with E-state index < -0.39 is 103 Å². The van der Waals surface area contributed by atoms with Gasteiger partial charge in [-0.1, -0.05) is 48.5 Å². The van der Waals surface area contributed by atoms with Crippen molar-refractivity contribution in [1.29, 1.82) is 0 Å². The third-order valence-corrected chi connectivity index (χ3v) is 10.5. The van der Waals surface area contributed by atoms with Crippen molar-refractivity contribution in [2.45, 2.75) is 101 Å². The van der Waals surface area contributed by atoms with E-state index in [4.69, 9.17) is 5.73 Å². The molecule has 1 aliphatic heterocycles. The molecule has 2 fully saturated rings. The minimum Gasteiger partial charge on any atom is -0.361 e. The van der Waals surface area contributed by atoms with Gasteiger partial charge in [0, 0.05) is 49.5 Å². The maximum Gasteiger partial charge on any atom is 0.243 e. The van der Waals surface area contributed by atoms with Gasteiger partial charge in [0.25, 0.3) is 0 Å². The van der Waals surface area contributed by atoms with Crippen LogP contribution in [0.5, 0.6) is 0 Å². The second-order valence-corrected chi connectivity index (χ2v) is 15.7. The summed E-state index contributed by atoms with van der Waals surface area (Å²) in [4.78, 5) is 123. The fourth-order valence-electron chi connectivity index (χ4n) is 6.99. The quantitative estimate of drug-likeness (QED) is 0.100. The van der Waals surface area contributed by atoms with E-state index in [1.807, 2.05) is 24.3 Å². The summed E-state index contributed by atoms with van der Waals surface area (Å²) in [5.41, 5.74) is 8.02. The summed E-state index contributed by atoms with van der Waals surface area (Å²) in [6.07, 6.45) is 3.62. The van der Waals surface area contributed by atoms with Crippen molar-refractivity contribution in [1.82, 2.24) is 52.8 Å². The lowest BCUT2D eigenvalue weighted by Crippen LogP contribution is -2.59. The lowest BCUT2D eigenvalue weighted by molar-refractivity contribution is -0.135. The molecule has 63 heavy (non-hydrogen) atoms. The molecule has 1 aliphatic carbocycles. The number of carbonyl (C=O) groups is 9. The van der Waals surface area contributed by atoms with Gasteiger partial charge < -0.3 is 58.6 Å². The highest BCUT2D eigenvalue weighted by Gasteiger charge is 2.33. The second kappa shape index (κ2) is 23.4. The van der Waals surface area contributed by atoms with Crippen LogP contribution in [0.2, 0.25) is 0 Å². The van der Waals surface area contributed by atoms with E-state index in [9.17, 15) is 43.2 Å². The minimum atomic E-state index is -1.49. The maximum absolute atomic E-state index is 14.1. The number of benzene rings is 2. The first kappa shape index (κ1) is 47.2. The van der Waals surface area contributed by atoms with Crippen molar-refractivity contribution in [3.8, 4) is 0 Å². The molecule has 5 rings (SSSR count). The Labute approximate surface area is 364 Å². The molecule has 20 nitrogen and oxygen atoms in total. The molecule has 338 valence electrons. The lowest BCUT2D eigenvalue weighted by atomic mass is 10.0. The Kier molecular flexibility index (Phi) is 17.5. The van der Waals surface area contributed by atoms with Crippen molar-refractivity contribution in [3.63, 3.8) is 0 Å². The van der Waals surface area contributed by atoms with Crippen LogP contribution >= 0.6 is 0 Å². The second-order valence-electron chi connectivity index (χ2n) is 15.7. The molecule has 0 bridgehead atoms. The predicted octanol–water partition coefficient (Wildman–Crippen LogP) is -2.05. The first-order chi connectivity index (χ1) is 30.3. The van der Waals surface area contributed by atoms with Crippen LogP contribution < -0.4 is 53.6 Å². The molecular formula is C43H57N11O9. The predicted molar refractivity (Wildman–Crippen MR) is 230 cm³/mol. The van der Waals surface area contributed by atoms with Gasteiger partial charge in [-0.25, -0.2) is 0 Å². The van der Waals surface area contributed by atoms with Gasteiger partial charge in [-0.05, 0) is 62.3 Å². The summed E-state index contributed by atoms with van der Waals surface area (Å²) < 4.78 is 0. The zero-order valence-corrected chi connectivity index (χ0v) is 35.2. The molecule has 2 aliphatic rings. The lowest BCUT2D eigenvalue weighted by Gasteiger charge is -2.25. The van der Waals surface area contributed by atoms with Crippen LogP contribution in [0.4, 0.5) is 0 Å². The maximum atomic E-state index is 14.1. The van der Waals surface area contributed by atoms with Gasteiger partial charge in [0.1, 0.15) is 30.2 Å². The summed E-state index contributed by atoms with van der Waals surface area (Å²) in [5, 5.41) is 24.5. The molecule has 0 spiro atoms. The SMILES string of the molecule is CC(=O)NCC(=O)NC1CC(=O)NCCCCC(C(=O)NC2CC2)NC(=O)[C@H](Cc2c[nH]c3ccccc23)NC(=O)CNC(=O)C(Cc2ccccc2)NC(=O)[C@H](CCN)NC1=O. The fourth-order valence-corrected chi connectivity index (χ4v) is 6.99. The van der Waals surface area contributed by atoms with Crippen LogP contribution in [0.15, 0.2) is 60.8 Å². The molecule has 20 heteroatoms. The smallest absolute Gasteiger partial charge is 0.243 e. The number of hydrogen-bond acceptors (Lipinski definition) is 10. The van der Waals surface area contributed by atoms with Gasteiger partial charge in [-0.2, -0.15) is 0 Å². The summed E-state index contributed by atoms with van der Waals surface area (Å²) >= 11 is 0. The van der Waals surface area contributed by atoms with Crippen molar-refractivity contribution >= 4 is 64.1 Å². The van der Waals surface area contributed by atoms with E-state index in [0.29, 0.717) is 18.4 Å². The largest absolute Gasteiger partial charge is 0.361 e. The highest BCUT2D eigenvalue weighted by molar-refractivity contribution is 5.98. The normalized spacial score (nSPS) is 22.5. The number of hydrogen-bond donors (Lipinski definition) is 11.